The Labute approximate surface area is 171 Å². The van der Waals surface area contributed by atoms with Gasteiger partial charge in [-0.3, -0.25) is 4.79 Å². The lowest BCUT2D eigenvalue weighted by molar-refractivity contribution is -0.121. The van der Waals surface area contributed by atoms with Gasteiger partial charge >= 0.3 is 0 Å². The smallest absolute Gasteiger partial charge is 0.230 e. The molecule has 0 bridgehead atoms. The van der Waals surface area contributed by atoms with E-state index in [0.29, 0.717) is 12.3 Å². The van der Waals surface area contributed by atoms with Gasteiger partial charge in [0.1, 0.15) is 5.75 Å². The van der Waals surface area contributed by atoms with Gasteiger partial charge in [0.15, 0.2) is 9.84 Å². The fourth-order valence-electron chi connectivity index (χ4n) is 3.36. The van der Waals surface area contributed by atoms with E-state index < -0.39 is 15.8 Å². The lowest BCUT2D eigenvalue weighted by Gasteiger charge is -2.25. The van der Waals surface area contributed by atoms with E-state index in [-0.39, 0.29) is 16.6 Å². The summed E-state index contributed by atoms with van der Waals surface area (Å²) in [6, 6.07) is 20.0. The topological polar surface area (TPSA) is 63.7 Å². The molecular weight excluding hydrogens is 386 g/mol. The normalized spacial score (nSPS) is 12.5. The summed E-state index contributed by atoms with van der Waals surface area (Å²) in [6.07, 6.45) is 0. The molecule has 0 aliphatic carbocycles. The predicted octanol–water partition coefficient (Wildman–Crippen LogP) is 4.31. The number of amides is 1. The summed E-state index contributed by atoms with van der Waals surface area (Å²) in [5.74, 6) is -0.544. The average molecular weight is 412 g/mol. The van der Waals surface area contributed by atoms with E-state index in [4.69, 9.17) is 4.74 Å². The summed E-state index contributed by atoms with van der Waals surface area (Å²) in [5.41, 5.74) is 0.768. The Morgan fingerprint density at radius 3 is 2.28 bits per heavy atom. The van der Waals surface area contributed by atoms with Crippen molar-refractivity contribution in [2.24, 2.45) is 5.92 Å². The monoisotopic (exact) mass is 411 g/mol. The van der Waals surface area contributed by atoms with Crippen molar-refractivity contribution in [3.63, 3.8) is 0 Å². The van der Waals surface area contributed by atoms with Crippen molar-refractivity contribution in [1.82, 2.24) is 0 Å². The lowest BCUT2D eigenvalue weighted by atomic mass is 10.1. The number of fused-ring (bicyclic) bond motifs is 1. The minimum Gasteiger partial charge on any atom is -0.497 e. The molecule has 3 rings (SSSR count). The van der Waals surface area contributed by atoms with Gasteiger partial charge in [0.2, 0.25) is 5.91 Å². The highest BCUT2D eigenvalue weighted by Crippen LogP contribution is 2.25. The zero-order valence-electron chi connectivity index (χ0n) is 16.8. The minimum absolute atomic E-state index is 0.187. The molecule has 1 amide bonds. The van der Waals surface area contributed by atoms with Crippen molar-refractivity contribution in [2.45, 2.75) is 18.7 Å². The first-order valence-electron chi connectivity index (χ1n) is 9.52. The van der Waals surface area contributed by atoms with E-state index in [0.717, 1.165) is 16.5 Å². The first kappa shape index (κ1) is 20.9. The van der Waals surface area contributed by atoms with Gasteiger partial charge in [-0.1, -0.05) is 37.3 Å². The molecule has 0 saturated heterocycles. The van der Waals surface area contributed by atoms with Crippen molar-refractivity contribution in [2.75, 3.05) is 24.3 Å². The molecule has 0 saturated carbocycles. The van der Waals surface area contributed by atoms with E-state index in [1.807, 2.05) is 49.4 Å². The van der Waals surface area contributed by atoms with Crippen LogP contribution in [0.2, 0.25) is 0 Å². The molecule has 3 aromatic rings. The number of ether oxygens (including phenoxy) is 1. The minimum atomic E-state index is -3.59. The summed E-state index contributed by atoms with van der Waals surface area (Å²) in [4.78, 5) is 14.9. The fourth-order valence-corrected chi connectivity index (χ4v) is 4.90. The second kappa shape index (κ2) is 8.66. The average Bonchev–Trinajstić information content (AvgIpc) is 2.73. The van der Waals surface area contributed by atoms with Crippen LogP contribution in [0.1, 0.15) is 13.8 Å². The predicted molar refractivity (Wildman–Crippen MR) is 116 cm³/mol. The number of nitrogens with zero attached hydrogens (tertiary/aromatic N) is 1. The van der Waals surface area contributed by atoms with Crippen LogP contribution in [0.5, 0.6) is 5.75 Å². The Bertz CT molecular complexity index is 1110. The maximum absolute atomic E-state index is 13.1. The number of carbonyl (C=O) groups excluding carboxylic acids is 1. The van der Waals surface area contributed by atoms with Crippen molar-refractivity contribution in [1.29, 1.82) is 0 Å². The van der Waals surface area contributed by atoms with Crippen molar-refractivity contribution >= 4 is 32.2 Å². The second-order valence-electron chi connectivity index (χ2n) is 6.97. The van der Waals surface area contributed by atoms with Crippen LogP contribution in [0.4, 0.5) is 5.69 Å². The fraction of sp³-hybridized carbons (Fsp3) is 0.261. The van der Waals surface area contributed by atoms with Crippen LogP contribution < -0.4 is 9.64 Å². The molecule has 0 spiro atoms. The molecule has 0 aliphatic rings. The van der Waals surface area contributed by atoms with Crippen molar-refractivity contribution < 1.29 is 17.9 Å². The van der Waals surface area contributed by atoms with E-state index >= 15 is 0 Å². The number of sulfone groups is 1. The first-order valence-corrected chi connectivity index (χ1v) is 11.2. The molecule has 0 heterocycles. The van der Waals surface area contributed by atoms with E-state index in [1.54, 1.807) is 24.0 Å². The molecule has 1 unspecified atom stereocenters. The number of anilines is 1. The first-order chi connectivity index (χ1) is 13.9. The summed E-state index contributed by atoms with van der Waals surface area (Å²) < 4.78 is 30.6. The Balaban J connectivity index is 1.80. The lowest BCUT2D eigenvalue weighted by Crippen LogP contribution is -2.37. The third kappa shape index (κ3) is 4.59. The van der Waals surface area contributed by atoms with E-state index in [2.05, 4.69) is 0 Å². The molecular formula is C23H25NO4S. The molecule has 0 radical (unpaired) electrons. The highest BCUT2D eigenvalue weighted by atomic mass is 32.2. The maximum atomic E-state index is 13.1. The maximum Gasteiger partial charge on any atom is 0.230 e. The Hall–Kier alpha value is -2.86. The third-order valence-corrected chi connectivity index (χ3v) is 6.87. The van der Waals surface area contributed by atoms with Crippen LogP contribution in [-0.4, -0.2) is 33.7 Å². The summed E-state index contributed by atoms with van der Waals surface area (Å²) in [6.45, 7) is 4.01. The summed E-state index contributed by atoms with van der Waals surface area (Å²) in [5, 5.41) is 2.13. The van der Waals surface area contributed by atoms with Crippen LogP contribution >= 0.6 is 0 Å². The van der Waals surface area contributed by atoms with Gasteiger partial charge in [-0.05, 0) is 54.1 Å². The highest BCUT2D eigenvalue weighted by molar-refractivity contribution is 7.91. The number of hydrogen-bond acceptors (Lipinski definition) is 4. The van der Waals surface area contributed by atoms with Crippen molar-refractivity contribution in [3.8, 4) is 5.75 Å². The molecule has 0 fully saturated rings. The Morgan fingerprint density at radius 2 is 1.66 bits per heavy atom. The van der Waals surface area contributed by atoms with E-state index in [1.165, 1.54) is 19.2 Å². The summed E-state index contributed by atoms with van der Waals surface area (Å²) in [7, 11) is -2.07. The van der Waals surface area contributed by atoms with Crippen LogP contribution in [0.25, 0.3) is 10.8 Å². The zero-order valence-corrected chi connectivity index (χ0v) is 17.6. The van der Waals surface area contributed by atoms with Gasteiger partial charge < -0.3 is 9.64 Å². The molecule has 3 aromatic carbocycles. The second-order valence-corrected chi connectivity index (χ2v) is 9.01. The molecule has 0 aliphatic heterocycles. The SMILES string of the molecule is CCN(C(=O)C(C)CS(=O)(=O)c1ccc(OC)cc1)c1ccc2ccccc2c1. The van der Waals surface area contributed by atoms with Gasteiger partial charge in [0, 0.05) is 18.2 Å². The van der Waals surface area contributed by atoms with Gasteiger partial charge in [0.05, 0.1) is 17.8 Å². The Morgan fingerprint density at radius 1 is 1.00 bits per heavy atom. The molecule has 5 nitrogen and oxygen atoms in total. The van der Waals surface area contributed by atoms with Crippen LogP contribution in [0.3, 0.4) is 0 Å². The zero-order chi connectivity index (χ0) is 21.0. The van der Waals surface area contributed by atoms with Gasteiger partial charge in [-0.2, -0.15) is 0 Å². The van der Waals surface area contributed by atoms with Crippen molar-refractivity contribution in [3.05, 3.63) is 66.7 Å². The van der Waals surface area contributed by atoms with E-state index in [9.17, 15) is 13.2 Å². The molecule has 0 N–H and O–H groups in total. The molecule has 6 heteroatoms. The molecule has 0 aromatic heterocycles. The highest BCUT2D eigenvalue weighted by Gasteiger charge is 2.27. The van der Waals surface area contributed by atoms with Gasteiger partial charge in [-0.25, -0.2) is 8.42 Å². The standard InChI is InChI=1S/C23H25NO4S/c1-4-24(20-10-9-18-7-5-6-8-19(18)15-20)23(25)17(2)16-29(26,27)22-13-11-21(28-3)12-14-22/h5-15,17H,4,16H2,1-3H3. The number of carbonyl (C=O) groups is 1. The van der Waals surface area contributed by atoms with Gasteiger partial charge in [-0.15, -0.1) is 0 Å². The number of methoxy groups -OCH3 is 1. The number of benzene rings is 3. The van der Waals surface area contributed by atoms with Crippen LogP contribution in [0, 0.1) is 5.92 Å². The van der Waals surface area contributed by atoms with Gasteiger partial charge in [0.25, 0.3) is 0 Å². The van der Waals surface area contributed by atoms with Crippen LogP contribution in [0.15, 0.2) is 71.6 Å². The third-order valence-electron chi connectivity index (χ3n) is 4.94. The van der Waals surface area contributed by atoms with Crippen LogP contribution in [-0.2, 0) is 14.6 Å². The largest absolute Gasteiger partial charge is 0.497 e. The quantitative estimate of drug-likeness (QED) is 0.581. The summed E-state index contributed by atoms with van der Waals surface area (Å²) >= 11 is 0. The molecule has 152 valence electrons. The molecule has 29 heavy (non-hydrogen) atoms. The Kier molecular flexibility index (Phi) is 6.23. The number of rotatable bonds is 7. The number of hydrogen-bond donors (Lipinski definition) is 0. The molecule has 1 atom stereocenters.